The minimum Gasteiger partial charge on any atom is -0.456 e. The molecule has 52 heavy (non-hydrogen) atoms. The number of furan rings is 1. The first-order chi connectivity index (χ1) is 25.7. The first-order valence-corrected chi connectivity index (χ1v) is 18.0. The molecule has 2 heterocycles. The minimum atomic E-state index is 0.674. The Hall–Kier alpha value is -6.58. The van der Waals surface area contributed by atoms with Gasteiger partial charge in [-0.05, 0) is 94.6 Å². The van der Waals surface area contributed by atoms with Crippen molar-refractivity contribution >= 4 is 39.2 Å². The van der Waals surface area contributed by atoms with E-state index in [2.05, 4.69) is 170 Å². The standard InChI is InChI=1S/C49H36N2O/c1-4-14-34(15-5-1)36-24-26-37(27-25-36)41-30-40(35-16-6-2-7-17-35)31-42(32-41)46-22-12-11-21-45(38-18-8-3-9-19-38)50-49(51-46)39-28-29-44-43-20-10-13-23-47(43)52-48(44)33-39/h1-10,13-20,22-33H,11-12,21H2/b46-22-,50-45+,51-49-. The van der Waals surface area contributed by atoms with Crippen LogP contribution >= 0.6 is 0 Å². The van der Waals surface area contributed by atoms with Crippen molar-refractivity contribution in [1.29, 1.82) is 0 Å². The van der Waals surface area contributed by atoms with Gasteiger partial charge in [0.2, 0.25) is 0 Å². The third kappa shape index (κ3) is 6.41. The highest BCUT2D eigenvalue weighted by Gasteiger charge is 2.16. The highest BCUT2D eigenvalue weighted by molar-refractivity contribution is 6.15. The van der Waals surface area contributed by atoms with E-state index < -0.39 is 0 Å². The maximum Gasteiger partial charge on any atom is 0.160 e. The summed E-state index contributed by atoms with van der Waals surface area (Å²) in [4.78, 5) is 10.8. The van der Waals surface area contributed by atoms with E-state index in [0.717, 1.165) is 86.0 Å². The van der Waals surface area contributed by atoms with Crippen LogP contribution < -0.4 is 0 Å². The fraction of sp³-hybridized carbons (Fsp3) is 0.0612. The Kier molecular flexibility index (Phi) is 8.44. The van der Waals surface area contributed by atoms with Gasteiger partial charge < -0.3 is 4.42 Å². The Balaban J connectivity index is 1.20. The Morgan fingerprint density at radius 2 is 0.904 bits per heavy atom. The lowest BCUT2D eigenvalue weighted by atomic mass is 9.93. The van der Waals surface area contributed by atoms with E-state index in [1.807, 2.05) is 12.1 Å². The molecule has 1 aliphatic heterocycles. The molecule has 8 aromatic rings. The molecule has 3 heteroatoms. The summed E-state index contributed by atoms with van der Waals surface area (Å²) in [6.45, 7) is 0. The fourth-order valence-electron chi connectivity index (χ4n) is 7.12. The first kappa shape index (κ1) is 31.4. The lowest BCUT2D eigenvalue weighted by Gasteiger charge is -2.13. The second-order valence-electron chi connectivity index (χ2n) is 13.3. The van der Waals surface area contributed by atoms with E-state index in [1.54, 1.807) is 0 Å². The summed E-state index contributed by atoms with van der Waals surface area (Å²) in [7, 11) is 0. The number of para-hydroxylation sites is 1. The molecule has 0 bridgehead atoms. The number of hydrogen-bond acceptors (Lipinski definition) is 3. The average Bonchev–Trinajstić information content (AvgIpc) is 3.64. The zero-order valence-corrected chi connectivity index (χ0v) is 28.7. The predicted octanol–water partition coefficient (Wildman–Crippen LogP) is 13.0. The van der Waals surface area contributed by atoms with Crippen molar-refractivity contribution in [3.8, 4) is 33.4 Å². The number of fused-ring (bicyclic) bond motifs is 3. The van der Waals surface area contributed by atoms with Gasteiger partial charge in [-0.3, -0.25) is 0 Å². The molecule has 9 rings (SSSR count). The Morgan fingerprint density at radius 3 is 1.60 bits per heavy atom. The quantitative estimate of drug-likeness (QED) is 0.174. The lowest BCUT2D eigenvalue weighted by molar-refractivity contribution is 0.669. The molecule has 1 aromatic heterocycles. The molecule has 0 saturated carbocycles. The summed E-state index contributed by atoms with van der Waals surface area (Å²) >= 11 is 0. The second-order valence-corrected chi connectivity index (χ2v) is 13.3. The molecule has 0 spiro atoms. The number of aliphatic imine (C=N–C) groups is 2. The van der Waals surface area contributed by atoms with Crippen LogP contribution in [0.1, 0.15) is 36.0 Å². The predicted molar refractivity (Wildman–Crippen MR) is 218 cm³/mol. The van der Waals surface area contributed by atoms with Gasteiger partial charge in [-0.15, -0.1) is 0 Å². The summed E-state index contributed by atoms with van der Waals surface area (Å²) in [6, 6.07) is 61.9. The second kappa shape index (κ2) is 14.0. The van der Waals surface area contributed by atoms with Crippen molar-refractivity contribution in [2.24, 2.45) is 9.98 Å². The SMILES string of the molecule is C1=C(c2cc(-c3ccccc3)cc(-c3ccc(-c4ccccc4)cc3)c2)/N=C(c2ccc3c(c2)oc2ccccc23)\N=C(\c2ccccc2)CCC\1. The molecule has 1 aliphatic rings. The normalized spacial score (nSPS) is 16.5. The van der Waals surface area contributed by atoms with Crippen LogP contribution in [0.2, 0.25) is 0 Å². The van der Waals surface area contributed by atoms with E-state index in [1.165, 1.54) is 16.7 Å². The Labute approximate surface area is 304 Å². The first-order valence-electron chi connectivity index (χ1n) is 18.0. The van der Waals surface area contributed by atoms with Crippen molar-refractivity contribution in [2.45, 2.75) is 19.3 Å². The zero-order chi connectivity index (χ0) is 34.7. The van der Waals surface area contributed by atoms with Gasteiger partial charge in [-0.25, -0.2) is 9.98 Å². The molecule has 0 unspecified atom stereocenters. The van der Waals surface area contributed by atoms with E-state index in [-0.39, 0.29) is 0 Å². The smallest absolute Gasteiger partial charge is 0.160 e. The lowest BCUT2D eigenvalue weighted by Crippen LogP contribution is -2.07. The monoisotopic (exact) mass is 668 g/mol. The summed E-state index contributed by atoms with van der Waals surface area (Å²) in [5.74, 6) is 0.674. The number of hydrogen-bond donors (Lipinski definition) is 0. The third-order valence-corrected chi connectivity index (χ3v) is 9.83. The molecular formula is C49H36N2O. The molecule has 0 radical (unpaired) electrons. The Bertz CT molecular complexity index is 2610. The number of benzene rings is 7. The van der Waals surface area contributed by atoms with Crippen molar-refractivity contribution in [1.82, 2.24) is 0 Å². The van der Waals surface area contributed by atoms with E-state index in [4.69, 9.17) is 14.4 Å². The minimum absolute atomic E-state index is 0.674. The number of allylic oxidation sites excluding steroid dienone is 1. The largest absolute Gasteiger partial charge is 0.456 e. The van der Waals surface area contributed by atoms with Crippen molar-refractivity contribution in [3.05, 3.63) is 199 Å². The molecule has 0 atom stereocenters. The summed E-state index contributed by atoms with van der Waals surface area (Å²) in [5.41, 5.74) is 13.8. The Morgan fingerprint density at radius 1 is 0.385 bits per heavy atom. The van der Waals surface area contributed by atoms with Crippen LogP contribution in [0.4, 0.5) is 0 Å². The zero-order valence-electron chi connectivity index (χ0n) is 28.7. The van der Waals surface area contributed by atoms with Crippen LogP contribution in [-0.4, -0.2) is 11.5 Å². The van der Waals surface area contributed by atoms with Gasteiger partial charge in [0.25, 0.3) is 0 Å². The topological polar surface area (TPSA) is 37.9 Å². The summed E-state index contributed by atoms with van der Waals surface area (Å²) in [5, 5.41) is 2.20. The molecular weight excluding hydrogens is 633 g/mol. The number of nitrogens with zero attached hydrogens (tertiary/aromatic N) is 2. The van der Waals surface area contributed by atoms with Gasteiger partial charge in [0.15, 0.2) is 5.84 Å². The van der Waals surface area contributed by atoms with Crippen LogP contribution in [0.15, 0.2) is 196 Å². The van der Waals surface area contributed by atoms with Crippen LogP contribution in [0, 0.1) is 0 Å². The number of amidine groups is 1. The van der Waals surface area contributed by atoms with Crippen LogP contribution in [-0.2, 0) is 0 Å². The molecule has 0 aliphatic carbocycles. The van der Waals surface area contributed by atoms with Gasteiger partial charge in [-0.1, -0.05) is 146 Å². The van der Waals surface area contributed by atoms with E-state index in [9.17, 15) is 0 Å². The maximum absolute atomic E-state index is 6.34. The van der Waals surface area contributed by atoms with Crippen molar-refractivity contribution in [2.75, 3.05) is 0 Å². The molecule has 0 saturated heterocycles. The molecule has 7 aromatic carbocycles. The van der Waals surface area contributed by atoms with Crippen LogP contribution in [0.5, 0.6) is 0 Å². The molecule has 0 amide bonds. The van der Waals surface area contributed by atoms with Crippen LogP contribution in [0.3, 0.4) is 0 Å². The van der Waals surface area contributed by atoms with E-state index >= 15 is 0 Å². The van der Waals surface area contributed by atoms with Crippen molar-refractivity contribution < 1.29 is 4.42 Å². The third-order valence-electron chi connectivity index (χ3n) is 9.83. The van der Waals surface area contributed by atoms with Crippen LogP contribution in [0.25, 0.3) is 61.0 Å². The molecule has 0 fully saturated rings. The van der Waals surface area contributed by atoms with Crippen molar-refractivity contribution in [3.63, 3.8) is 0 Å². The van der Waals surface area contributed by atoms with Gasteiger partial charge in [0.1, 0.15) is 11.2 Å². The molecule has 0 N–H and O–H groups in total. The maximum atomic E-state index is 6.34. The molecule has 248 valence electrons. The highest BCUT2D eigenvalue weighted by Crippen LogP contribution is 2.35. The highest BCUT2D eigenvalue weighted by atomic mass is 16.3. The van der Waals surface area contributed by atoms with E-state index in [0.29, 0.717) is 5.84 Å². The molecule has 3 nitrogen and oxygen atoms in total. The summed E-state index contributed by atoms with van der Waals surface area (Å²) in [6.07, 6.45) is 4.99. The fourth-order valence-corrected chi connectivity index (χ4v) is 7.12. The summed E-state index contributed by atoms with van der Waals surface area (Å²) < 4.78 is 6.34. The van der Waals surface area contributed by atoms with Gasteiger partial charge in [-0.2, -0.15) is 0 Å². The average molecular weight is 669 g/mol. The van der Waals surface area contributed by atoms with Gasteiger partial charge >= 0.3 is 0 Å². The van der Waals surface area contributed by atoms with Gasteiger partial charge in [0, 0.05) is 21.9 Å². The van der Waals surface area contributed by atoms with Gasteiger partial charge in [0.05, 0.1) is 11.4 Å². The number of rotatable bonds is 6.